The van der Waals surface area contributed by atoms with Gasteiger partial charge in [0.25, 0.3) is 0 Å². The van der Waals surface area contributed by atoms with E-state index in [4.69, 9.17) is 0 Å². The van der Waals surface area contributed by atoms with Crippen molar-refractivity contribution < 1.29 is 18.0 Å². The van der Waals surface area contributed by atoms with E-state index in [0.29, 0.717) is 15.2 Å². The SMILES string of the molecule is O=C1CCN([C@@H](c2cc(Br)cc3ccccc23)C(F)(F)F)N1. The number of hydrogen-bond acceptors (Lipinski definition) is 2. The highest BCUT2D eigenvalue weighted by atomic mass is 79.9. The van der Waals surface area contributed by atoms with E-state index >= 15 is 0 Å². The molecule has 0 radical (unpaired) electrons. The van der Waals surface area contributed by atoms with Crippen molar-refractivity contribution >= 4 is 32.6 Å². The average molecular weight is 373 g/mol. The number of benzene rings is 2. The summed E-state index contributed by atoms with van der Waals surface area (Å²) in [7, 11) is 0. The Morgan fingerprint density at radius 2 is 1.95 bits per heavy atom. The number of hydrogen-bond donors (Lipinski definition) is 1. The van der Waals surface area contributed by atoms with Crippen LogP contribution in [0.3, 0.4) is 0 Å². The summed E-state index contributed by atoms with van der Waals surface area (Å²) in [6.07, 6.45) is -4.43. The Balaban J connectivity index is 2.18. The third kappa shape index (κ3) is 2.83. The molecule has 1 saturated heterocycles. The third-order valence-corrected chi connectivity index (χ3v) is 4.08. The Morgan fingerprint density at radius 1 is 1.23 bits per heavy atom. The highest BCUT2D eigenvalue weighted by Crippen LogP contribution is 2.41. The van der Waals surface area contributed by atoms with Crippen molar-refractivity contribution in [2.45, 2.75) is 18.6 Å². The molecule has 3 rings (SSSR count). The van der Waals surface area contributed by atoms with Gasteiger partial charge in [0.15, 0.2) is 6.04 Å². The van der Waals surface area contributed by atoms with Crippen LogP contribution in [0, 0.1) is 0 Å². The lowest BCUT2D eigenvalue weighted by molar-refractivity contribution is -0.190. The number of rotatable bonds is 2. The topological polar surface area (TPSA) is 32.3 Å². The summed E-state index contributed by atoms with van der Waals surface area (Å²) in [5.41, 5.74) is 2.43. The average Bonchev–Trinajstić information content (AvgIpc) is 2.83. The summed E-state index contributed by atoms with van der Waals surface area (Å²) in [5.74, 6) is -0.395. The fraction of sp³-hybridized carbons (Fsp3) is 0.267. The highest BCUT2D eigenvalue weighted by molar-refractivity contribution is 9.10. The first-order valence-electron chi connectivity index (χ1n) is 6.67. The molecule has 1 aliphatic heterocycles. The first-order chi connectivity index (χ1) is 10.4. The van der Waals surface area contributed by atoms with Crippen molar-refractivity contribution in [1.82, 2.24) is 10.4 Å². The lowest BCUT2D eigenvalue weighted by Crippen LogP contribution is -2.43. The summed E-state index contributed by atoms with van der Waals surface area (Å²) in [5, 5.41) is 2.21. The van der Waals surface area contributed by atoms with Crippen molar-refractivity contribution in [2.24, 2.45) is 0 Å². The van der Waals surface area contributed by atoms with E-state index in [1.54, 1.807) is 30.3 Å². The van der Waals surface area contributed by atoms with Gasteiger partial charge in [0.05, 0.1) is 0 Å². The maximum atomic E-state index is 13.6. The highest BCUT2D eigenvalue weighted by Gasteiger charge is 2.47. The molecule has 3 nitrogen and oxygen atoms in total. The minimum Gasteiger partial charge on any atom is -0.288 e. The second-order valence-electron chi connectivity index (χ2n) is 5.14. The van der Waals surface area contributed by atoms with Gasteiger partial charge in [-0.15, -0.1) is 0 Å². The molecular formula is C15H12BrF3N2O. The largest absolute Gasteiger partial charge is 0.409 e. The molecule has 1 amide bonds. The second kappa shape index (κ2) is 5.55. The maximum Gasteiger partial charge on any atom is 0.409 e. The van der Waals surface area contributed by atoms with E-state index in [1.807, 2.05) is 0 Å². The van der Waals surface area contributed by atoms with Gasteiger partial charge in [-0.1, -0.05) is 40.2 Å². The molecule has 0 bridgehead atoms. The number of halogens is 4. The molecular weight excluding hydrogens is 361 g/mol. The van der Waals surface area contributed by atoms with Gasteiger partial charge in [0, 0.05) is 17.4 Å². The molecule has 2 aromatic rings. The van der Waals surface area contributed by atoms with Gasteiger partial charge in [0.1, 0.15) is 0 Å². The van der Waals surface area contributed by atoms with E-state index in [0.717, 1.165) is 5.01 Å². The molecule has 1 aliphatic rings. The zero-order valence-electron chi connectivity index (χ0n) is 11.3. The molecule has 2 aromatic carbocycles. The Kier molecular flexibility index (Phi) is 3.86. The van der Waals surface area contributed by atoms with Gasteiger partial charge < -0.3 is 0 Å². The van der Waals surface area contributed by atoms with Gasteiger partial charge >= 0.3 is 6.18 Å². The Hall–Kier alpha value is -1.60. The van der Waals surface area contributed by atoms with Crippen LogP contribution >= 0.6 is 15.9 Å². The van der Waals surface area contributed by atoms with Crippen LogP contribution in [0.4, 0.5) is 13.2 Å². The Bertz CT molecular complexity index is 732. The van der Waals surface area contributed by atoms with Crippen molar-refractivity contribution in [2.75, 3.05) is 6.54 Å². The smallest absolute Gasteiger partial charge is 0.288 e. The number of alkyl halides is 3. The van der Waals surface area contributed by atoms with Crippen LogP contribution in [0.2, 0.25) is 0 Å². The lowest BCUT2D eigenvalue weighted by atomic mass is 9.98. The quantitative estimate of drug-likeness (QED) is 0.865. The molecule has 0 spiro atoms. The summed E-state index contributed by atoms with van der Waals surface area (Å²) in [6.45, 7) is 0.0316. The number of hydrazine groups is 1. The number of nitrogens with one attached hydrogen (secondary N) is 1. The normalized spacial score (nSPS) is 17.7. The van der Waals surface area contributed by atoms with E-state index in [9.17, 15) is 18.0 Å². The predicted molar refractivity (Wildman–Crippen MR) is 79.9 cm³/mol. The lowest BCUT2D eigenvalue weighted by Gasteiger charge is -2.30. The Morgan fingerprint density at radius 3 is 2.59 bits per heavy atom. The van der Waals surface area contributed by atoms with Gasteiger partial charge in [-0.05, 0) is 28.5 Å². The van der Waals surface area contributed by atoms with E-state index in [-0.39, 0.29) is 18.5 Å². The fourth-order valence-electron chi connectivity index (χ4n) is 2.74. The summed E-state index contributed by atoms with van der Waals surface area (Å²) >= 11 is 3.27. The first-order valence-corrected chi connectivity index (χ1v) is 7.46. The molecule has 0 saturated carbocycles. The predicted octanol–water partition coefficient (Wildman–Crippen LogP) is 3.94. The molecule has 1 atom stereocenters. The minimum atomic E-state index is -4.50. The molecule has 0 unspecified atom stereocenters. The molecule has 0 aromatic heterocycles. The first kappa shape index (κ1) is 15.3. The summed E-state index contributed by atoms with van der Waals surface area (Å²) < 4.78 is 41.5. The molecule has 0 aliphatic carbocycles. The van der Waals surface area contributed by atoms with Crippen molar-refractivity contribution in [3.63, 3.8) is 0 Å². The summed E-state index contributed by atoms with van der Waals surface area (Å²) in [4.78, 5) is 11.3. The van der Waals surface area contributed by atoms with Crippen LogP contribution in [0.25, 0.3) is 10.8 Å². The molecule has 116 valence electrons. The van der Waals surface area contributed by atoms with Gasteiger partial charge in [-0.2, -0.15) is 13.2 Å². The maximum absolute atomic E-state index is 13.6. The standard InChI is InChI=1S/C15H12BrF3N2O/c16-10-7-9-3-1-2-4-11(9)12(8-10)14(15(17,18)19)21-6-5-13(22)20-21/h1-4,7-8,14H,5-6H2,(H,20,22)/t14-/m0/s1. The number of amides is 1. The van der Waals surface area contributed by atoms with Gasteiger partial charge in [0.2, 0.25) is 5.91 Å². The molecule has 22 heavy (non-hydrogen) atoms. The van der Waals surface area contributed by atoms with Gasteiger partial charge in [-0.3, -0.25) is 10.2 Å². The third-order valence-electron chi connectivity index (χ3n) is 3.62. The van der Waals surface area contributed by atoms with Gasteiger partial charge in [-0.25, -0.2) is 5.01 Å². The van der Waals surface area contributed by atoms with Crippen LogP contribution in [0.5, 0.6) is 0 Å². The van der Waals surface area contributed by atoms with Crippen LogP contribution < -0.4 is 5.43 Å². The molecule has 1 N–H and O–H groups in total. The van der Waals surface area contributed by atoms with Crippen LogP contribution in [0.15, 0.2) is 40.9 Å². The zero-order valence-corrected chi connectivity index (χ0v) is 12.9. The van der Waals surface area contributed by atoms with Crippen molar-refractivity contribution in [3.05, 3.63) is 46.4 Å². The van der Waals surface area contributed by atoms with Crippen molar-refractivity contribution in [1.29, 1.82) is 0 Å². The number of carbonyl (C=O) groups excluding carboxylic acids is 1. The number of fused-ring (bicyclic) bond motifs is 1. The zero-order chi connectivity index (χ0) is 15.9. The minimum absolute atomic E-state index is 0.0316. The molecule has 1 heterocycles. The fourth-order valence-corrected chi connectivity index (χ4v) is 3.23. The number of carbonyl (C=O) groups is 1. The Labute approximate surface area is 133 Å². The molecule has 1 fully saturated rings. The van der Waals surface area contributed by atoms with Crippen molar-refractivity contribution in [3.8, 4) is 0 Å². The van der Waals surface area contributed by atoms with E-state index in [2.05, 4.69) is 21.4 Å². The van der Waals surface area contributed by atoms with Crippen LogP contribution in [-0.2, 0) is 4.79 Å². The number of nitrogens with zero attached hydrogens (tertiary/aromatic N) is 1. The van der Waals surface area contributed by atoms with Crippen LogP contribution in [0.1, 0.15) is 18.0 Å². The van der Waals surface area contributed by atoms with Crippen LogP contribution in [-0.4, -0.2) is 23.6 Å². The second-order valence-corrected chi connectivity index (χ2v) is 6.05. The molecule has 7 heteroatoms. The monoisotopic (exact) mass is 372 g/mol. The van der Waals surface area contributed by atoms with E-state index in [1.165, 1.54) is 6.07 Å². The van der Waals surface area contributed by atoms with E-state index < -0.39 is 18.1 Å². The summed E-state index contributed by atoms with van der Waals surface area (Å²) in [6, 6.07) is 8.27.